The van der Waals surface area contributed by atoms with Crippen molar-refractivity contribution in [2.45, 2.75) is 71.3 Å². The predicted octanol–water partition coefficient (Wildman–Crippen LogP) is 3.33. The minimum atomic E-state index is -0.580. The van der Waals surface area contributed by atoms with E-state index in [1.165, 1.54) is 18.4 Å². The molecule has 4 aliphatic carbocycles. The normalized spacial score (nSPS) is 47.5. The van der Waals surface area contributed by atoms with Gasteiger partial charge in [-0.25, -0.2) is 10.2 Å². The van der Waals surface area contributed by atoms with Crippen LogP contribution in [0.5, 0.6) is 0 Å². The summed E-state index contributed by atoms with van der Waals surface area (Å²) in [6.45, 7) is 4.86. The third-order valence-corrected chi connectivity index (χ3v) is 7.98. The maximum absolute atomic E-state index is 11.0. The van der Waals surface area contributed by atoms with E-state index >= 15 is 0 Å². The van der Waals surface area contributed by atoms with Crippen molar-refractivity contribution in [2.24, 2.45) is 39.4 Å². The molecule has 0 aliphatic heterocycles. The molecule has 5 heteroatoms. The Kier molecular flexibility index (Phi) is 3.98. The minimum absolute atomic E-state index is 0.144. The van der Waals surface area contributed by atoms with E-state index < -0.39 is 6.03 Å². The number of nitrogens with two attached hydrogens (primary N) is 1. The fourth-order valence-electron chi connectivity index (χ4n) is 6.66. The van der Waals surface area contributed by atoms with Crippen LogP contribution in [-0.2, 0) is 0 Å². The maximum atomic E-state index is 11.0. The van der Waals surface area contributed by atoms with Crippen molar-refractivity contribution in [2.75, 3.05) is 0 Å². The molecule has 0 aromatic carbocycles. The quantitative estimate of drug-likeness (QED) is 0.503. The van der Waals surface area contributed by atoms with Crippen molar-refractivity contribution in [3.8, 4) is 0 Å². The van der Waals surface area contributed by atoms with Crippen LogP contribution in [0, 0.1) is 28.6 Å². The number of urea groups is 1. The number of carbonyl (C=O) groups is 1. The standard InChI is InChI=1S/C20H31N3O2/c1-19-7-6-16-15(17(19)10-13(11-19)22-23-18(21)25)4-3-12-9-14(24)5-8-20(12,16)2/h3,14-17,24H,4-11H2,1-2H3,(H3,21,23,25)/t14?,15-,16+,17+,19-,20+/m1/s1. The molecule has 0 bridgehead atoms. The van der Waals surface area contributed by atoms with Crippen molar-refractivity contribution < 1.29 is 9.90 Å². The minimum Gasteiger partial charge on any atom is -0.393 e. The zero-order chi connectivity index (χ0) is 17.8. The molecule has 1 unspecified atom stereocenters. The second kappa shape index (κ2) is 5.83. The number of carbonyl (C=O) groups excluding carboxylic acids is 1. The number of fused-ring (bicyclic) bond motifs is 5. The Morgan fingerprint density at radius 3 is 2.84 bits per heavy atom. The fraction of sp³-hybridized carbons (Fsp3) is 0.800. The lowest BCUT2D eigenvalue weighted by atomic mass is 9.48. The molecule has 2 amide bonds. The van der Waals surface area contributed by atoms with Crippen molar-refractivity contribution in [1.29, 1.82) is 0 Å². The third kappa shape index (κ3) is 2.71. The summed E-state index contributed by atoms with van der Waals surface area (Å²) in [6.07, 6.45) is 10.9. The molecule has 0 saturated heterocycles. The molecule has 0 radical (unpaired) electrons. The van der Waals surface area contributed by atoms with E-state index in [0.29, 0.717) is 17.3 Å². The lowest BCUT2D eigenvalue weighted by molar-refractivity contribution is -0.0360. The number of nitrogens with one attached hydrogen (secondary N) is 1. The zero-order valence-corrected chi connectivity index (χ0v) is 15.4. The van der Waals surface area contributed by atoms with Gasteiger partial charge in [-0.3, -0.25) is 0 Å². The molecule has 4 rings (SSSR count). The Morgan fingerprint density at radius 2 is 2.08 bits per heavy atom. The summed E-state index contributed by atoms with van der Waals surface area (Å²) in [4.78, 5) is 11.0. The highest BCUT2D eigenvalue weighted by Crippen LogP contribution is 2.64. The maximum Gasteiger partial charge on any atom is 0.332 e. The predicted molar refractivity (Wildman–Crippen MR) is 97.9 cm³/mol. The number of hydrazone groups is 1. The van der Waals surface area contributed by atoms with Crippen molar-refractivity contribution in [3.05, 3.63) is 11.6 Å². The highest BCUT2D eigenvalue weighted by Gasteiger charge is 2.56. The summed E-state index contributed by atoms with van der Waals surface area (Å²) < 4.78 is 0. The van der Waals surface area contributed by atoms with Gasteiger partial charge in [0.2, 0.25) is 0 Å². The summed E-state index contributed by atoms with van der Waals surface area (Å²) in [5.41, 5.74) is 10.8. The molecule has 138 valence electrons. The van der Waals surface area contributed by atoms with Crippen LogP contribution in [-0.4, -0.2) is 23.0 Å². The number of hydrogen-bond donors (Lipinski definition) is 3. The first-order valence-corrected chi connectivity index (χ1v) is 9.80. The van der Waals surface area contributed by atoms with Gasteiger partial charge in [0.15, 0.2) is 0 Å². The molecule has 3 fully saturated rings. The largest absolute Gasteiger partial charge is 0.393 e. The molecule has 0 aromatic heterocycles. The number of primary amides is 1. The van der Waals surface area contributed by atoms with Crippen molar-refractivity contribution in [1.82, 2.24) is 5.43 Å². The van der Waals surface area contributed by atoms with Crippen LogP contribution in [0.15, 0.2) is 16.8 Å². The van der Waals surface area contributed by atoms with Crippen LogP contribution >= 0.6 is 0 Å². The van der Waals surface area contributed by atoms with Crippen LogP contribution in [0.25, 0.3) is 0 Å². The average Bonchev–Trinajstić information content (AvgIpc) is 2.90. The highest BCUT2D eigenvalue weighted by atomic mass is 16.3. The number of allylic oxidation sites excluding steroid dienone is 1. The molecule has 0 heterocycles. The smallest absolute Gasteiger partial charge is 0.332 e. The molecule has 0 spiro atoms. The summed E-state index contributed by atoms with van der Waals surface area (Å²) >= 11 is 0. The van der Waals surface area contributed by atoms with Gasteiger partial charge in [0.25, 0.3) is 0 Å². The molecule has 6 atom stereocenters. The Labute approximate surface area is 150 Å². The molecule has 4 aliphatic rings. The van der Waals surface area contributed by atoms with Crippen LogP contribution in [0.4, 0.5) is 4.79 Å². The summed E-state index contributed by atoms with van der Waals surface area (Å²) in [7, 11) is 0. The number of nitrogens with zero attached hydrogens (tertiary/aromatic N) is 1. The van der Waals surface area contributed by atoms with Gasteiger partial charge >= 0.3 is 6.03 Å². The summed E-state index contributed by atoms with van der Waals surface area (Å²) in [5.74, 6) is 2.06. The Balaban J connectivity index is 1.60. The van der Waals surface area contributed by atoms with E-state index in [-0.39, 0.29) is 11.5 Å². The SMILES string of the molecule is C[C@]12CC[C@H]3[C@@H](CC=C4CC(O)CC[C@@]43C)[C@@H]1CC(=NNC(N)=O)C2. The number of aliphatic hydroxyl groups is 1. The van der Waals surface area contributed by atoms with Gasteiger partial charge in [0.1, 0.15) is 0 Å². The fourth-order valence-corrected chi connectivity index (χ4v) is 6.66. The molecule has 25 heavy (non-hydrogen) atoms. The van der Waals surface area contributed by atoms with Gasteiger partial charge in [0, 0.05) is 5.71 Å². The molecule has 0 aromatic rings. The van der Waals surface area contributed by atoms with Crippen LogP contribution in [0.2, 0.25) is 0 Å². The van der Waals surface area contributed by atoms with Crippen molar-refractivity contribution in [3.63, 3.8) is 0 Å². The first kappa shape index (κ1) is 17.1. The molecular weight excluding hydrogens is 314 g/mol. The molecule has 3 saturated carbocycles. The summed E-state index contributed by atoms with van der Waals surface area (Å²) in [6, 6.07) is -0.580. The van der Waals surface area contributed by atoms with E-state index in [9.17, 15) is 9.90 Å². The van der Waals surface area contributed by atoms with E-state index in [2.05, 4.69) is 30.5 Å². The van der Waals surface area contributed by atoms with E-state index in [1.807, 2.05) is 0 Å². The number of hydrogen-bond acceptors (Lipinski definition) is 3. The third-order valence-electron chi connectivity index (χ3n) is 7.98. The van der Waals surface area contributed by atoms with Crippen LogP contribution in [0.1, 0.15) is 65.2 Å². The average molecular weight is 345 g/mol. The molecular formula is C20H31N3O2. The summed E-state index contributed by atoms with van der Waals surface area (Å²) in [5, 5.41) is 14.4. The van der Waals surface area contributed by atoms with Gasteiger partial charge in [-0.15, -0.1) is 0 Å². The monoisotopic (exact) mass is 345 g/mol. The Bertz CT molecular complexity index is 643. The van der Waals surface area contributed by atoms with Gasteiger partial charge in [-0.1, -0.05) is 25.5 Å². The van der Waals surface area contributed by atoms with E-state index in [0.717, 1.165) is 50.2 Å². The van der Waals surface area contributed by atoms with Gasteiger partial charge in [-0.05, 0) is 80.0 Å². The lowest BCUT2D eigenvalue weighted by Crippen LogP contribution is -2.49. The van der Waals surface area contributed by atoms with E-state index in [4.69, 9.17) is 5.73 Å². The Hall–Kier alpha value is -1.36. The second-order valence-electron chi connectivity index (χ2n) is 9.38. The number of rotatable bonds is 1. The molecule has 4 N–H and O–H groups in total. The molecule has 5 nitrogen and oxygen atoms in total. The van der Waals surface area contributed by atoms with Crippen LogP contribution in [0.3, 0.4) is 0 Å². The van der Waals surface area contributed by atoms with Gasteiger partial charge < -0.3 is 10.8 Å². The van der Waals surface area contributed by atoms with Gasteiger partial charge in [-0.2, -0.15) is 5.10 Å². The Morgan fingerprint density at radius 1 is 1.28 bits per heavy atom. The lowest BCUT2D eigenvalue weighted by Gasteiger charge is -2.57. The second-order valence-corrected chi connectivity index (χ2v) is 9.38. The number of aliphatic hydroxyl groups excluding tert-OH is 1. The van der Waals surface area contributed by atoms with Crippen LogP contribution < -0.4 is 11.2 Å². The zero-order valence-electron chi connectivity index (χ0n) is 15.4. The van der Waals surface area contributed by atoms with Gasteiger partial charge in [0.05, 0.1) is 6.10 Å². The van der Waals surface area contributed by atoms with Crippen molar-refractivity contribution >= 4 is 11.7 Å². The first-order chi connectivity index (χ1) is 11.8. The van der Waals surface area contributed by atoms with E-state index in [1.54, 1.807) is 0 Å². The first-order valence-electron chi connectivity index (χ1n) is 9.80. The highest BCUT2D eigenvalue weighted by molar-refractivity contribution is 5.88. The number of amides is 2. The topological polar surface area (TPSA) is 87.7 Å².